The molecule has 0 aliphatic rings. The highest BCUT2D eigenvalue weighted by Gasteiger charge is 2.12. The maximum Gasteiger partial charge on any atom is 0.0650 e. The predicted molar refractivity (Wildman–Crippen MR) is 86.5 cm³/mol. The fraction of sp³-hybridized carbons (Fsp3) is 0.333. The SMILES string of the molecule is CC(C)c1ccncc1CC(C)c1ccc2[nH]ncc2c1. The van der Waals surface area contributed by atoms with Gasteiger partial charge >= 0.3 is 0 Å². The van der Waals surface area contributed by atoms with Crippen LogP contribution in [0.1, 0.15) is 49.3 Å². The molecule has 1 N–H and O–H groups in total. The molecule has 3 aromatic rings. The van der Waals surface area contributed by atoms with Crippen molar-refractivity contribution < 1.29 is 0 Å². The van der Waals surface area contributed by atoms with Crippen molar-refractivity contribution in [3.63, 3.8) is 0 Å². The van der Waals surface area contributed by atoms with E-state index >= 15 is 0 Å². The van der Waals surface area contributed by atoms with Gasteiger partial charge in [-0.3, -0.25) is 10.1 Å². The molecule has 0 bridgehead atoms. The van der Waals surface area contributed by atoms with Crippen LogP contribution in [0, 0.1) is 0 Å². The molecule has 108 valence electrons. The number of fused-ring (bicyclic) bond motifs is 1. The molecule has 1 atom stereocenters. The van der Waals surface area contributed by atoms with Crippen LogP contribution in [0.15, 0.2) is 42.9 Å². The summed E-state index contributed by atoms with van der Waals surface area (Å²) in [4.78, 5) is 4.30. The minimum atomic E-state index is 0.464. The van der Waals surface area contributed by atoms with E-state index in [1.165, 1.54) is 22.1 Å². The maximum absolute atomic E-state index is 4.30. The lowest BCUT2D eigenvalue weighted by Gasteiger charge is -2.16. The van der Waals surface area contributed by atoms with Crippen LogP contribution in [-0.2, 0) is 6.42 Å². The highest BCUT2D eigenvalue weighted by atomic mass is 15.1. The highest BCUT2D eigenvalue weighted by Crippen LogP contribution is 2.27. The second kappa shape index (κ2) is 5.68. The Bertz CT molecular complexity index is 743. The molecule has 1 aromatic carbocycles. The van der Waals surface area contributed by atoms with Gasteiger partial charge in [0.2, 0.25) is 0 Å². The Morgan fingerprint density at radius 1 is 1.10 bits per heavy atom. The molecule has 2 heterocycles. The topological polar surface area (TPSA) is 41.6 Å². The van der Waals surface area contributed by atoms with Gasteiger partial charge in [-0.15, -0.1) is 0 Å². The molecule has 3 nitrogen and oxygen atoms in total. The molecule has 1 unspecified atom stereocenters. The van der Waals surface area contributed by atoms with Crippen molar-refractivity contribution in [3.8, 4) is 0 Å². The quantitative estimate of drug-likeness (QED) is 0.767. The van der Waals surface area contributed by atoms with Gasteiger partial charge < -0.3 is 0 Å². The van der Waals surface area contributed by atoms with Crippen LogP contribution in [0.25, 0.3) is 10.9 Å². The molecule has 21 heavy (non-hydrogen) atoms. The lowest BCUT2D eigenvalue weighted by Crippen LogP contribution is -2.03. The summed E-state index contributed by atoms with van der Waals surface area (Å²) in [6, 6.07) is 8.68. The third-order valence-electron chi connectivity index (χ3n) is 4.12. The van der Waals surface area contributed by atoms with E-state index in [-0.39, 0.29) is 0 Å². The smallest absolute Gasteiger partial charge is 0.0650 e. The first-order valence-corrected chi connectivity index (χ1v) is 7.51. The van der Waals surface area contributed by atoms with Gasteiger partial charge in [-0.25, -0.2) is 0 Å². The number of hydrogen-bond acceptors (Lipinski definition) is 2. The van der Waals surface area contributed by atoms with E-state index in [4.69, 9.17) is 0 Å². The fourth-order valence-corrected chi connectivity index (χ4v) is 2.89. The van der Waals surface area contributed by atoms with Gasteiger partial charge in [0.1, 0.15) is 0 Å². The summed E-state index contributed by atoms with van der Waals surface area (Å²) < 4.78 is 0. The fourth-order valence-electron chi connectivity index (χ4n) is 2.89. The van der Waals surface area contributed by atoms with E-state index in [2.05, 4.69) is 60.2 Å². The van der Waals surface area contributed by atoms with Crippen molar-refractivity contribution in [2.24, 2.45) is 0 Å². The van der Waals surface area contributed by atoms with E-state index < -0.39 is 0 Å². The Morgan fingerprint density at radius 2 is 1.95 bits per heavy atom. The number of pyridine rings is 1. The van der Waals surface area contributed by atoms with Crippen molar-refractivity contribution in [3.05, 3.63) is 59.5 Å². The third-order valence-corrected chi connectivity index (χ3v) is 4.12. The molecule has 0 fully saturated rings. The van der Waals surface area contributed by atoms with Crippen LogP contribution in [0.3, 0.4) is 0 Å². The molecule has 0 saturated carbocycles. The van der Waals surface area contributed by atoms with Crippen molar-refractivity contribution in [2.75, 3.05) is 0 Å². The van der Waals surface area contributed by atoms with E-state index in [1.54, 1.807) is 0 Å². The number of hydrogen-bond donors (Lipinski definition) is 1. The monoisotopic (exact) mass is 279 g/mol. The second-order valence-electron chi connectivity index (χ2n) is 6.05. The number of H-pyrrole nitrogens is 1. The molecule has 0 amide bonds. The molecule has 0 saturated heterocycles. The largest absolute Gasteiger partial charge is 0.278 e. The van der Waals surface area contributed by atoms with Gasteiger partial charge in [0.05, 0.1) is 11.7 Å². The summed E-state index contributed by atoms with van der Waals surface area (Å²) in [5, 5.41) is 8.26. The maximum atomic E-state index is 4.30. The Kier molecular flexibility index (Phi) is 3.74. The lowest BCUT2D eigenvalue weighted by molar-refractivity contribution is 0.734. The first-order chi connectivity index (χ1) is 10.1. The van der Waals surface area contributed by atoms with Gasteiger partial charge in [0.15, 0.2) is 0 Å². The molecule has 0 aliphatic carbocycles. The summed E-state index contributed by atoms with van der Waals surface area (Å²) in [7, 11) is 0. The number of aromatic nitrogens is 3. The molecular weight excluding hydrogens is 258 g/mol. The summed E-state index contributed by atoms with van der Waals surface area (Å²) in [5.74, 6) is 0.998. The number of rotatable bonds is 4. The summed E-state index contributed by atoms with van der Waals surface area (Å²) in [5.41, 5.74) is 5.20. The zero-order chi connectivity index (χ0) is 14.8. The van der Waals surface area contributed by atoms with Gasteiger partial charge in [0.25, 0.3) is 0 Å². The van der Waals surface area contributed by atoms with E-state index in [0.29, 0.717) is 11.8 Å². The first kappa shape index (κ1) is 13.8. The van der Waals surface area contributed by atoms with Gasteiger partial charge in [0, 0.05) is 17.8 Å². The van der Waals surface area contributed by atoms with E-state index in [9.17, 15) is 0 Å². The van der Waals surface area contributed by atoms with Crippen molar-refractivity contribution in [1.82, 2.24) is 15.2 Å². The number of aromatic amines is 1. The Morgan fingerprint density at radius 3 is 2.76 bits per heavy atom. The van der Waals surface area contributed by atoms with Crippen molar-refractivity contribution in [1.29, 1.82) is 0 Å². The first-order valence-electron chi connectivity index (χ1n) is 7.51. The molecule has 0 aliphatic heterocycles. The number of nitrogens with zero attached hydrogens (tertiary/aromatic N) is 2. The van der Waals surface area contributed by atoms with Crippen LogP contribution in [0.5, 0.6) is 0 Å². The molecule has 0 spiro atoms. The molecule has 3 rings (SSSR count). The van der Waals surface area contributed by atoms with Crippen LogP contribution >= 0.6 is 0 Å². The van der Waals surface area contributed by atoms with Gasteiger partial charge in [-0.05, 0) is 53.1 Å². The average Bonchev–Trinajstić information content (AvgIpc) is 2.94. The standard InChI is InChI=1S/C18H21N3/c1-12(2)17-6-7-19-10-15(17)8-13(3)14-4-5-18-16(9-14)11-20-21-18/h4-7,9-13H,8H2,1-3H3,(H,20,21). The minimum absolute atomic E-state index is 0.464. The highest BCUT2D eigenvalue weighted by molar-refractivity contribution is 5.78. The van der Waals surface area contributed by atoms with Crippen LogP contribution in [0.2, 0.25) is 0 Å². The number of nitrogens with one attached hydrogen (secondary N) is 1. The van der Waals surface area contributed by atoms with Gasteiger partial charge in [-0.2, -0.15) is 5.10 Å². The van der Waals surface area contributed by atoms with Gasteiger partial charge in [-0.1, -0.05) is 26.8 Å². The molecule has 0 radical (unpaired) electrons. The molecule has 3 heteroatoms. The average molecular weight is 279 g/mol. The van der Waals surface area contributed by atoms with Crippen LogP contribution in [-0.4, -0.2) is 15.2 Å². The summed E-state index contributed by atoms with van der Waals surface area (Å²) >= 11 is 0. The van der Waals surface area contributed by atoms with Crippen LogP contribution < -0.4 is 0 Å². The Balaban J connectivity index is 1.87. The minimum Gasteiger partial charge on any atom is -0.278 e. The zero-order valence-electron chi connectivity index (χ0n) is 12.8. The third kappa shape index (κ3) is 2.82. The molecule has 2 aromatic heterocycles. The summed E-state index contributed by atoms with van der Waals surface area (Å²) in [6.45, 7) is 6.75. The summed E-state index contributed by atoms with van der Waals surface area (Å²) in [6.07, 6.45) is 6.81. The Labute approximate surface area is 125 Å². The van der Waals surface area contributed by atoms with E-state index in [1.807, 2.05) is 18.6 Å². The van der Waals surface area contributed by atoms with Crippen LogP contribution in [0.4, 0.5) is 0 Å². The normalized spacial score (nSPS) is 13.0. The number of benzene rings is 1. The Hall–Kier alpha value is -2.16. The lowest BCUT2D eigenvalue weighted by atomic mass is 9.89. The van der Waals surface area contributed by atoms with Crippen molar-refractivity contribution in [2.45, 2.75) is 39.0 Å². The predicted octanol–water partition coefficient (Wildman–Crippen LogP) is 4.43. The van der Waals surface area contributed by atoms with Crippen molar-refractivity contribution >= 4 is 10.9 Å². The zero-order valence-corrected chi connectivity index (χ0v) is 12.8. The van der Waals surface area contributed by atoms with E-state index in [0.717, 1.165) is 11.9 Å². The second-order valence-corrected chi connectivity index (χ2v) is 6.05. The molecular formula is C18H21N3.